The van der Waals surface area contributed by atoms with Gasteiger partial charge in [0.15, 0.2) is 0 Å². The Kier molecular flexibility index (Phi) is 7.19. The second-order valence-corrected chi connectivity index (χ2v) is 11.5. The Bertz CT molecular complexity index is 1080. The zero-order valence-corrected chi connectivity index (χ0v) is 22.4. The molecule has 2 spiro atoms. The second kappa shape index (κ2) is 10.0. The van der Waals surface area contributed by atoms with Crippen LogP contribution in [-0.4, -0.2) is 84.2 Å². The summed E-state index contributed by atoms with van der Waals surface area (Å²) >= 11 is 0. The Morgan fingerprint density at radius 3 is 2.53 bits per heavy atom. The van der Waals surface area contributed by atoms with Gasteiger partial charge in [-0.3, -0.25) is 0 Å². The van der Waals surface area contributed by atoms with Gasteiger partial charge in [0.25, 0.3) is 0 Å². The zero-order valence-electron chi connectivity index (χ0n) is 22.4. The van der Waals surface area contributed by atoms with Crippen LogP contribution in [0.15, 0.2) is 47.6 Å². The fourth-order valence-electron chi connectivity index (χ4n) is 6.89. The normalized spacial score (nSPS) is 47.3. The number of hydrogen-bond acceptors (Lipinski definition) is 9. The van der Waals surface area contributed by atoms with Gasteiger partial charge in [-0.2, -0.15) is 0 Å². The Labute approximate surface area is 223 Å². The monoisotopic (exact) mass is 530 g/mol. The first-order chi connectivity index (χ1) is 18.0. The number of cyclic esters (lactones) is 1. The van der Waals surface area contributed by atoms with Crippen LogP contribution < -0.4 is 0 Å². The van der Waals surface area contributed by atoms with Gasteiger partial charge in [0.05, 0.1) is 30.8 Å². The van der Waals surface area contributed by atoms with Crippen molar-refractivity contribution in [3.8, 4) is 0 Å². The van der Waals surface area contributed by atoms with Gasteiger partial charge >= 0.3 is 11.9 Å². The molecule has 208 valence electrons. The number of carbonyl (C=O) groups excluding carboxylic acids is 2. The van der Waals surface area contributed by atoms with Gasteiger partial charge in [0, 0.05) is 17.6 Å². The quantitative estimate of drug-likeness (QED) is 0.299. The molecule has 9 unspecified atom stereocenters. The van der Waals surface area contributed by atoms with E-state index >= 15 is 0 Å². The summed E-state index contributed by atoms with van der Waals surface area (Å²) in [5.41, 5.74) is -0.543. The predicted octanol–water partition coefficient (Wildman–Crippen LogP) is 2.31. The van der Waals surface area contributed by atoms with E-state index in [4.69, 9.17) is 23.7 Å². The van der Waals surface area contributed by atoms with E-state index in [2.05, 4.69) is 0 Å². The molecule has 2 saturated heterocycles. The summed E-state index contributed by atoms with van der Waals surface area (Å²) in [5, 5.41) is 21.5. The number of aliphatic hydroxyl groups is 2. The van der Waals surface area contributed by atoms with Crippen LogP contribution in [0.2, 0.25) is 0 Å². The predicted molar refractivity (Wildman–Crippen MR) is 136 cm³/mol. The van der Waals surface area contributed by atoms with E-state index in [-0.39, 0.29) is 6.61 Å². The molecule has 38 heavy (non-hydrogen) atoms. The van der Waals surface area contributed by atoms with Crippen molar-refractivity contribution in [3.05, 3.63) is 47.6 Å². The van der Waals surface area contributed by atoms with Crippen molar-refractivity contribution in [1.82, 2.24) is 0 Å². The summed E-state index contributed by atoms with van der Waals surface area (Å²) in [6.07, 6.45) is 6.92. The molecule has 5 rings (SSSR count). The van der Waals surface area contributed by atoms with Crippen LogP contribution in [0.25, 0.3) is 0 Å². The summed E-state index contributed by atoms with van der Waals surface area (Å²) in [7, 11) is 0. The summed E-state index contributed by atoms with van der Waals surface area (Å²) < 4.78 is 30.1. The SMILES string of the molecule is CC1=CC2OC3C(O)C4OC(=O)/C=C\C=C/C(C(C)O)OCC/C(C)=C\C(=O)OCC2(CC1)C4(C)C31CO1. The Balaban J connectivity index is 1.54. The van der Waals surface area contributed by atoms with Crippen molar-refractivity contribution < 1.29 is 43.5 Å². The van der Waals surface area contributed by atoms with Gasteiger partial charge in [0.1, 0.15) is 36.6 Å². The van der Waals surface area contributed by atoms with Gasteiger partial charge in [-0.25, -0.2) is 9.59 Å². The molecule has 9 atom stereocenters. The summed E-state index contributed by atoms with van der Waals surface area (Å²) in [6, 6.07) is 0. The van der Waals surface area contributed by atoms with E-state index in [0.29, 0.717) is 26.1 Å². The number of ether oxygens (including phenoxy) is 5. The first-order valence-electron chi connectivity index (χ1n) is 13.4. The molecule has 0 aromatic heterocycles. The highest BCUT2D eigenvalue weighted by molar-refractivity contribution is 5.83. The van der Waals surface area contributed by atoms with E-state index < -0.39 is 65.0 Å². The molecule has 3 aliphatic heterocycles. The molecule has 3 heterocycles. The van der Waals surface area contributed by atoms with E-state index in [1.54, 1.807) is 19.1 Å². The minimum absolute atomic E-state index is 0.0261. The average molecular weight is 531 g/mol. The first kappa shape index (κ1) is 27.3. The number of allylic oxidation sites excluding steroid dienone is 3. The summed E-state index contributed by atoms with van der Waals surface area (Å²) in [4.78, 5) is 25.9. The Morgan fingerprint density at radius 2 is 1.82 bits per heavy atom. The minimum atomic E-state index is -1.11. The molecule has 3 fully saturated rings. The number of carbonyl (C=O) groups is 2. The third-order valence-electron chi connectivity index (χ3n) is 9.26. The molecule has 0 radical (unpaired) electrons. The van der Waals surface area contributed by atoms with Crippen molar-refractivity contribution in [2.75, 3.05) is 19.8 Å². The van der Waals surface area contributed by atoms with E-state index in [1.165, 1.54) is 18.2 Å². The van der Waals surface area contributed by atoms with Crippen LogP contribution in [-0.2, 0) is 33.3 Å². The average Bonchev–Trinajstić information content (AvgIpc) is 3.64. The lowest BCUT2D eigenvalue weighted by atomic mass is 9.51. The highest BCUT2D eigenvalue weighted by atomic mass is 16.7. The number of aliphatic hydroxyl groups excluding tert-OH is 2. The molecular weight excluding hydrogens is 492 g/mol. The van der Waals surface area contributed by atoms with E-state index in [0.717, 1.165) is 17.6 Å². The third-order valence-corrected chi connectivity index (χ3v) is 9.26. The molecule has 2 bridgehead atoms. The van der Waals surface area contributed by atoms with Crippen LogP contribution in [0, 0.1) is 10.8 Å². The van der Waals surface area contributed by atoms with Crippen molar-refractivity contribution in [2.24, 2.45) is 10.8 Å². The number of rotatable bonds is 1. The molecule has 0 aromatic rings. The van der Waals surface area contributed by atoms with Crippen LogP contribution in [0.5, 0.6) is 0 Å². The zero-order chi connectivity index (χ0) is 27.3. The van der Waals surface area contributed by atoms with Crippen LogP contribution in [0.1, 0.15) is 47.0 Å². The maximum atomic E-state index is 13.0. The molecule has 1 saturated carbocycles. The maximum Gasteiger partial charge on any atom is 0.331 e. The fraction of sp³-hybridized carbons (Fsp3) is 0.655. The minimum Gasteiger partial charge on any atom is -0.462 e. The number of hydrogen-bond donors (Lipinski definition) is 2. The second-order valence-electron chi connectivity index (χ2n) is 11.5. The molecular formula is C29H38O9. The topological polar surface area (TPSA) is 124 Å². The highest BCUT2D eigenvalue weighted by Gasteiger charge is 2.85. The summed E-state index contributed by atoms with van der Waals surface area (Å²) in [5.74, 6) is -1.11. The molecule has 2 aliphatic carbocycles. The number of epoxide rings is 1. The smallest absolute Gasteiger partial charge is 0.331 e. The molecule has 0 aromatic carbocycles. The van der Waals surface area contributed by atoms with Crippen LogP contribution in [0.4, 0.5) is 0 Å². The van der Waals surface area contributed by atoms with Crippen molar-refractivity contribution >= 4 is 11.9 Å². The molecule has 0 amide bonds. The standard InChI is InChI=1S/C29H38O9/c1-17-9-11-28-15-35-23(32)14-18(2)10-12-34-20(19(3)30)7-5-6-8-22(31)38-25-24(33)26(37-21(28)13-17)29(16-36-29)27(25,28)4/h5-8,13-14,19-21,24-26,30,33H,9-12,15-16H2,1-4H3/b7-5-,8-6-,18-14-. The van der Waals surface area contributed by atoms with Gasteiger partial charge in [0.2, 0.25) is 0 Å². The fourth-order valence-corrected chi connectivity index (χ4v) is 6.89. The lowest BCUT2D eigenvalue weighted by molar-refractivity contribution is -0.232. The Hall–Kier alpha value is -2.30. The molecule has 5 aliphatic rings. The molecule has 9 heteroatoms. The summed E-state index contributed by atoms with van der Waals surface area (Å²) in [6.45, 7) is 8.14. The van der Waals surface area contributed by atoms with Gasteiger partial charge in [-0.15, -0.1) is 0 Å². The highest BCUT2D eigenvalue weighted by Crippen LogP contribution is 2.72. The molecule has 2 N–H and O–H groups in total. The van der Waals surface area contributed by atoms with Crippen molar-refractivity contribution in [2.45, 2.75) is 89.2 Å². The van der Waals surface area contributed by atoms with Gasteiger partial charge < -0.3 is 33.9 Å². The van der Waals surface area contributed by atoms with Crippen molar-refractivity contribution in [3.63, 3.8) is 0 Å². The lowest BCUT2D eigenvalue weighted by Gasteiger charge is -2.58. The first-order valence-corrected chi connectivity index (χ1v) is 13.4. The maximum absolute atomic E-state index is 13.0. The number of esters is 2. The largest absolute Gasteiger partial charge is 0.462 e. The Morgan fingerprint density at radius 1 is 1.05 bits per heavy atom. The van der Waals surface area contributed by atoms with E-state index in [9.17, 15) is 19.8 Å². The lowest BCUT2D eigenvalue weighted by Crippen LogP contribution is -2.66. The van der Waals surface area contributed by atoms with Crippen molar-refractivity contribution in [1.29, 1.82) is 0 Å². The van der Waals surface area contributed by atoms with Crippen LogP contribution in [0.3, 0.4) is 0 Å². The van der Waals surface area contributed by atoms with Gasteiger partial charge in [-0.05, 0) is 40.0 Å². The molecule has 9 nitrogen and oxygen atoms in total. The van der Waals surface area contributed by atoms with E-state index in [1.807, 2.05) is 26.8 Å². The van der Waals surface area contributed by atoms with Crippen LogP contribution >= 0.6 is 0 Å². The van der Waals surface area contributed by atoms with Gasteiger partial charge in [-0.1, -0.05) is 42.4 Å². The third kappa shape index (κ3) is 4.29.